The molecule has 7 rings (SSSR count). The first-order valence-electron chi connectivity index (χ1n) is 20.8. The van der Waals surface area contributed by atoms with Crippen LogP contribution in [-0.2, 0) is 27.3 Å². The van der Waals surface area contributed by atoms with Crippen LogP contribution in [0.15, 0.2) is 83.2 Å². The minimum atomic E-state index is -0.548. The van der Waals surface area contributed by atoms with Crippen LogP contribution in [0.4, 0.5) is 0 Å². The Morgan fingerprint density at radius 3 is 2.45 bits per heavy atom. The lowest BCUT2D eigenvalue weighted by molar-refractivity contribution is -0.144. The van der Waals surface area contributed by atoms with Gasteiger partial charge in [0.1, 0.15) is 12.1 Å². The van der Waals surface area contributed by atoms with Gasteiger partial charge in [-0.05, 0) is 113 Å². The van der Waals surface area contributed by atoms with Crippen molar-refractivity contribution in [2.75, 3.05) is 53.4 Å². The Morgan fingerprint density at radius 1 is 0.964 bits per heavy atom. The van der Waals surface area contributed by atoms with E-state index < -0.39 is 6.04 Å². The predicted octanol–water partition coefficient (Wildman–Crippen LogP) is 6.80. The number of nitrogens with one attached hydrogen (secondary N) is 1. The van der Waals surface area contributed by atoms with Crippen molar-refractivity contribution in [2.24, 2.45) is 10.4 Å². The summed E-state index contributed by atoms with van der Waals surface area (Å²) < 4.78 is 6.49. The average molecular weight is 767 g/mol. The Bertz CT molecular complexity index is 1690. The highest BCUT2D eigenvalue weighted by Gasteiger charge is 2.44. The third-order valence-corrected chi connectivity index (χ3v) is 13.4. The number of amides is 1. The predicted molar refractivity (Wildman–Crippen MR) is 222 cm³/mol. The number of rotatable bonds is 15. The smallest absolute Gasteiger partial charge is 0.288 e. The number of nitrogens with zero attached hydrogens (tertiary/aromatic N) is 5. The van der Waals surface area contributed by atoms with Crippen molar-refractivity contribution >= 4 is 29.0 Å². The first kappa shape index (κ1) is 39.7. The van der Waals surface area contributed by atoms with Gasteiger partial charge in [-0.3, -0.25) is 14.5 Å². The monoisotopic (exact) mass is 766 g/mol. The van der Waals surface area contributed by atoms with E-state index in [1.807, 2.05) is 29.2 Å². The number of piperazine rings is 1. The summed E-state index contributed by atoms with van der Waals surface area (Å²) in [6.07, 6.45) is 9.57. The van der Waals surface area contributed by atoms with E-state index in [4.69, 9.17) is 9.73 Å². The Labute approximate surface area is 333 Å². The molecular formula is C45H62N6O3S. The molecule has 0 bridgehead atoms. The quantitative estimate of drug-likeness (QED) is 0.171. The first-order valence-corrected chi connectivity index (χ1v) is 21.7. The van der Waals surface area contributed by atoms with Crippen LogP contribution in [-0.4, -0.2) is 115 Å². The number of carbonyl (C=O) groups is 2. The second-order valence-electron chi connectivity index (χ2n) is 16.9. The van der Waals surface area contributed by atoms with Gasteiger partial charge in [-0.1, -0.05) is 73.2 Å². The lowest BCUT2D eigenvalue weighted by Crippen LogP contribution is -2.63. The maximum atomic E-state index is 14.8. The number of aryl methyl sites for hydroxylation is 1. The summed E-state index contributed by atoms with van der Waals surface area (Å²) in [5.41, 5.74) is 2.88. The maximum Gasteiger partial charge on any atom is 0.288 e. The molecule has 2 aromatic carbocycles. The van der Waals surface area contributed by atoms with Gasteiger partial charge in [-0.2, -0.15) is 0 Å². The average Bonchev–Trinajstić information content (AvgIpc) is 3.97. The van der Waals surface area contributed by atoms with E-state index in [9.17, 15) is 9.59 Å². The number of ether oxygens (including phenoxy) is 1. The molecule has 3 aromatic rings. The number of amidine groups is 1. The lowest BCUT2D eigenvalue weighted by atomic mass is 9.72. The van der Waals surface area contributed by atoms with Crippen LogP contribution in [0.25, 0.3) is 0 Å². The topological polar surface area (TPSA) is 80.7 Å². The number of hydrogen-bond donors (Lipinski definition) is 1. The highest BCUT2D eigenvalue weighted by atomic mass is 32.1. The molecule has 1 spiro atoms. The summed E-state index contributed by atoms with van der Waals surface area (Å²) >= 11 is 1.68. The van der Waals surface area contributed by atoms with Crippen molar-refractivity contribution in [1.29, 1.82) is 0 Å². The molecule has 4 heterocycles. The summed E-state index contributed by atoms with van der Waals surface area (Å²) in [6, 6.07) is 25.2. The normalized spacial score (nSPS) is 26.4. The molecule has 4 aliphatic rings. The standard InChI is InChI=1S/C45H62N6O3S/c1-34-42(36-15-8-5-9-16-36)54-44(46-34)50-28-29-51(40(32-50)41(52)20-19-38-17-12-30-55-38)43(53)39(18-10-11-26-48(2)3)47-37-21-23-45(24-22-37)25-27-49(33-45)31-35-13-6-4-7-14-35/h4-9,12-17,30,34,37,39-40,42,47H,10-11,18-29,31-33H2,1-3H3/t34-,37?,39-,40+,42+,45?/m1/s1. The Morgan fingerprint density at radius 2 is 1.73 bits per heavy atom. The van der Waals surface area contributed by atoms with Crippen LogP contribution in [0.5, 0.6) is 0 Å². The van der Waals surface area contributed by atoms with E-state index in [-0.39, 0.29) is 29.9 Å². The van der Waals surface area contributed by atoms with Gasteiger partial charge < -0.3 is 24.8 Å². The van der Waals surface area contributed by atoms with E-state index in [1.165, 1.54) is 36.2 Å². The van der Waals surface area contributed by atoms with Gasteiger partial charge in [0.05, 0.1) is 12.1 Å². The zero-order valence-corrected chi connectivity index (χ0v) is 34.1. The third kappa shape index (κ3) is 10.2. The van der Waals surface area contributed by atoms with Gasteiger partial charge in [0.25, 0.3) is 6.02 Å². The molecule has 1 aliphatic carbocycles. The third-order valence-electron chi connectivity index (χ3n) is 12.5. The Kier molecular flexibility index (Phi) is 13.4. The van der Waals surface area contributed by atoms with Gasteiger partial charge in [0.2, 0.25) is 5.91 Å². The molecule has 1 amide bonds. The number of carbonyl (C=O) groups excluding carboxylic acids is 2. The molecule has 1 N–H and O–H groups in total. The zero-order chi connectivity index (χ0) is 38.2. The van der Waals surface area contributed by atoms with Gasteiger partial charge in [-0.15, -0.1) is 11.3 Å². The molecular weight excluding hydrogens is 705 g/mol. The van der Waals surface area contributed by atoms with Gasteiger partial charge in [0, 0.05) is 50.1 Å². The molecule has 10 heteroatoms. The zero-order valence-electron chi connectivity index (χ0n) is 33.3. The van der Waals surface area contributed by atoms with Gasteiger partial charge in [-0.25, -0.2) is 4.99 Å². The fourth-order valence-electron chi connectivity index (χ4n) is 9.34. The van der Waals surface area contributed by atoms with Crippen molar-refractivity contribution in [3.05, 3.63) is 94.2 Å². The van der Waals surface area contributed by atoms with Crippen LogP contribution in [0, 0.1) is 5.41 Å². The molecule has 0 unspecified atom stereocenters. The number of Topliss-reactive ketones (excluding diaryl/α,β-unsaturated/α-hetero) is 1. The summed E-state index contributed by atoms with van der Waals surface area (Å²) in [7, 11) is 4.21. The summed E-state index contributed by atoms with van der Waals surface area (Å²) in [6.45, 7) is 7.91. The van der Waals surface area contributed by atoms with Gasteiger partial charge >= 0.3 is 0 Å². The van der Waals surface area contributed by atoms with Crippen molar-refractivity contribution in [1.82, 2.24) is 24.9 Å². The van der Waals surface area contributed by atoms with Crippen LogP contribution >= 0.6 is 11.3 Å². The number of ketones is 1. The van der Waals surface area contributed by atoms with E-state index in [1.54, 1.807) is 11.3 Å². The number of unbranched alkanes of at least 4 members (excludes halogenated alkanes) is 1. The first-order chi connectivity index (χ1) is 26.7. The molecule has 1 aromatic heterocycles. The fraction of sp³-hybridized carbons (Fsp3) is 0.578. The number of thiophene rings is 1. The van der Waals surface area contributed by atoms with Crippen molar-refractivity contribution in [2.45, 2.75) is 108 Å². The summed E-state index contributed by atoms with van der Waals surface area (Å²) in [4.78, 5) is 44.1. The number of benzene rings is 2. The molecule has 3 fully saturated rings. The van der Waals surface area contributed by atoms with E-state index in [0.29, 0.717) is 50.0 Å². The number of hydrogen-bond acceptors (Lipinski definition) is 9. The molecule has 296 valence electrons. The van der Waals surface area contributed by atoms with Crippen molar-refractivity contribution in [3.63, 3.8) is 0 Å². The Balaban J connectivity index is 1.02. The molecule has 0 radical (unpaired) electrons. The van der Waals surface area contributed by atoms with Gasteiger partial charge in [0.15, 0.2) is 5.78 Å². The molecule has 3 aliphatic heterocycles. The van der Waals surface area contributed by atoms with Crippen LogP contribution in [0.3, 0.4) is 0 Å². The maximum absolute atomic E-state index is 14.8. The lowest BCUT2D eigenvalue weighted by Gasteiger charge is -2.43. The summed E-state index contributed by atoms with van der Waals surface area (Å²) in [5, 5.41) is 5.98. The number of aliphatic imine (C=N–C) groups is 1. The molecule has 2 saturated heterocycles. The minimum absolute atomic E-state index is 0.0356. The fourth-order valence-corrected chi connectivity index (χ4v) is 10.1. The second-order valence-corrected chi connectivity index (χ2v) is 17.9. The highest BCUT2D eigenvalue weighted by molar-refractivity contribution is 7.09. The molecule has 4 atom stereocenters. The molecule has 55 heavy (non-hydrogen) atoms. The highest BCUT2D eigenvalue weighted by Crippen LogP contribution is 2.44. The van der Waals surface area contributed by atoms with Crippen molar-refractivity contribution in [3.8, 4) is 0 Å². The SMILES string of the molecule is C[C@H]1N=C(N2CCN(C(=O)[C@@H](CCCCN(C)C)NC3CCC4(CC3)CCN(Cc3ccccc3)C4)[C@H](C(=O)CCc3cccs3)C2)O[C@@H]1c1ccccc1. The van der Waals surface area contributed by atoms with Crippen molar-refractivity contribution < 1.29 is 14.3 Å². The largest absolute Gasteiger partial charge is 0.455 e. The van der Waals surface area contributed by atoms with Crippen LogP contribution in [0.1, 0.15) is 86.8 Å². The van der Waals surface area contributed by atoms with E-state index >= 15 is 0 Å². The van der Waals surface area contributed by atoms with E-state index in [0.717, 1.165) is 57.3 Å². The summed E-state index contributed by atoms with van der Waals surface area (Å²) in [5.74, 6) is 0.198. The molecule has 9 nitrogen and oxygen atoms in total. The minimum Gasteiger partial charge on any atom is -0.455 e. The van der Waals surface area contributed by atoms with Crippen LogP contribution < -0.4 is 5.32 Å². The van der Waals surface area contributed by atoms with Crippen LogP contribution in [0.2, 0.25) is 0 Å². The van der Waals surface area contributed by atoms with E-state index in [2.05, 4.69) is 94.9 Å². The number of likely N-dealkylation sites (tertiary alicyclic amines) is 1. The second kappa shape index (κ2) is 18.6. The Hall–Kier alpha value is -3.57. The molecule has 1 saturated carbocycles.